The van der Waals surface area contributed by atoms with Gasteiger partial charge < -0.3 is 10.2 Å². The maximum atomic E-state index is 14.7. The average molecular weight is 782 g/mol. The highest BCUT2D eigenvalue weighted by Crippen LogP contribution is 2.41. The number of benzene rings is 3. The van der Waals surface area contributed by atoms with E-state index in [2.05, 4.69) is 60.6 Å². The number of aromatic hydroxyl groups is 2. The van der Waals surface area contributed by atoms with Gasteiger partial charge in [0, 0.05) is 0 Å². The van der Waals surface area contributed by atoms with Crippen molar-refractivity contribution in [3.05, 3.63) is 123 Å². The van der Waals surface area contributed by atoms with E-state index in [1.165, 1.54) is 10.1 Å². The van der Waals surface area contributed by atoms with Crippen molar-refractivity contribution >= 4 is 0 Å². The number of hydrogen-bond donors (Lipinski definition) is 2. The summed E-state index contributed by atoms with van der Waals surface area (Å²) in [6.07, 6.45) is 0. The summed E-state index contributed by atoms with van der Waals surface area (Å²) in [5, 5.41) is 22.9. The first kappa shape index (κ1) is 45.4. The second kappa shape index (κ2) is 14.8. The zero-order valence-corrected chi connectivity index (χ0v) is 38.5. The molecule has 1 aromatic heterocycles. The summed E-state index contributed by atoms with van der Waals surface area (Å²) in [5.41, 5.74) is 4.20. The van der Waals surface area contributed by atoms with Crippen molar-refractivity contribution < 1.29 is 10.2 Å². The Morgan fingerprint density at radius 1 is 0.368 bits per heavy atom. The number of phenols is 2. The predicted octanol–water partition coefficient (Wildman–Crippen LogP) is 9.82. The van der Waals surface area contributed by atoms with Crippen LogP contribution in [0.25, 0.3) is 0 Å². The number of aromatic nitrogens is 3. The van der Waals surface area contributed by atoms with Gasteiger partial charge in [0.05, 0.1) is 19.6 Å². The van der Waals surface area contributed by atoms with Gasteiger partial charge in [0.1, 0.15) is 11.5 Å². The maximum Gasteiger partial charge on any atom is 0.336 e. The molecule has 0 bridgehead atoms. The minimum atomic E-state index is -0.721. The van der Waals surface area contributed by atoms with Crippen molar-refractivity contribution in [2.75, 3.05) is 0 Å². The molecule has 8 heteroatoms. The normalized spacial score (nSPS) is 13.4. The minimum absolute atomic E-state index is 0.0312. The van der Waals surface area contributed by atoms with Gasteiger partial charge in [-0.1, -0.05) is 137 Å². The smallest absolute Gasteiger partial charge is 0.336 e. The molecular formula is C49H71N3O5. The number of rotatable bonds is 6. The molecule has 0 radical (unpaired) electrons. The third-order valence-corrected chi connectivity index (χ3v) is 11.1. The van der Waals surface area contributed by atoms with Crippen LogP contribution in [-0.2, 0) is 52.1 Å². The van der Waals surface area contributed by atoms with E-state index in [0.29, 0.717) is 33.4 Å². The Bertz CT molecular complexity index is 1960. The monoisotopic (exact) mass is 782 g/mol. The summed E-state index contributed by atoms with van der Waals surface area (Å²) in [7, 11) is 0. The van der Waals surface area contributed by atoms with Gasteiger partial charge in [-0.05, 0) is 119 Å². The fourth-order valence-electron chi connectivity index (χ4n) is 7.92. The molecule has 0 aliphatic heterocycles. The molecule has 3 aromatic carbocycles. The molecule has 0 unspecified atom stereocenters. The molecule has 4 aromatic rings. The predicted molar refractivity (Wildman–Crippen MR) is 236 cm³/mol. The van der Waals surface area contributed by atoms with E-state index in [-0.39, 0.29) is 42.0 Å². The van der Waals surface area contributed by atoms with E-state index in [4.69, 9.17) is 0 Å². The molecule has 57 heavy (non-hydrogen) atoms. The molecular weight excluding hydrogens is 711 g/mol. The van der Waals surface area contributed by atoms with Crippen LogP contribution in [0, 0.1) is 6.92 Å². The molecule has 0 fully saturated rings. The highest BCUT2D eigenvalue weighted by Gasteiger charge is 2.30. The first-order valence-electron chi connectivity index (χ1n) is 20.4. The molecule has 0 amide bonds. The lowest BCUT2D eigenvalue weighted by molar-refractivity contribution is 0.421. The van der Waals surface area contributed by atoms with Crippen molar-refractivity contribution in [3.8, 4) is 11.5 Å². The molecule has 0 atom stereocenters. The fraction of sp³-hybridized carbons (Fsp3) is 0.571. The quantitative estimate of drug-likeness (QED) is 0.203. The second-order valence-electron chi connectivity index (χ2n) is 22.5. The third-order valence-electron chi connectivity index (χ3n) is 11.1. The summed E-state index contributed by atoms with van der Waals surface area (Å²) in [4.78, 5) is 44.2. The maximum absolute atomic E-state index is 14.7. The van der Waals surface area contributed by atoms with Gasteiger partial charge in [-0.25, -0.2) is 28.1 Å². The van der Waals surface area contributed by atoms with Crippen LogP contribution in [0.5, 0.6) is 11.5 Å². The van der Waals surface area contributed by atoms with Crippen LogP contribution in [0.4, 0.5) is 0 Å². The van der Waals surface area contributed by atoms with Gasteiger partial charge in [0.15, 0.2) is 0 Å². The van der Waals surface area contributed by atoms with Gasteiger partial charge in [-0.15, -0.1) is 0 Å². The lowest BCUT2D eigenvalue weighted by Gasteiger charge is -2.30. The SMILES string of the molecule is Cc1c(C(C)(C)C)cc(Cn2c(=O)n(Cc3cc(C(C)(C)C)c(O)c(C(C)(C)C)c3)c(=O)n(Cc3cc(C(C)(C)C)c(O)c(C(C)(C)C)c3)c2=O)cc1C(C)(C)C. The van der Waals surface area contributed by atoms with E-state index in [1.807, 2.05) is 107 Å². The molecule has 4 rings (SSSR count). The Morgan fingerprint density at radius 3 is 0.719 bits per heavy atom. The minimum Gasteiger partial charge on any atom is -0.507 e. The topological polar surface area (TPSA) is 106 Å². The summed E-state index contributed by atoms with van der Waals surface area (Å²) in [6.45, 7) is 39.1. The molecule has 312 valence electrons. The summed E-state index contributed by atoms with van der Waals surface area (Å²) in [6, 6.07) is 11.7. The molecule has 0 spiro atoms. The lowest BCUT2D eigenvalue weighted by atomic mass is 9.76. The Kier molecular flexibility index (Phi) is 11.8. The number of phenolic OH excluding ortho intramolecular Hbond substituents is 2. The molecule has 2 N–H and O–H groups in total. The summed E-state index contributed by atoms with van der Waals surface area (Å²) in [5.74, 6) is 0.405. The molecule has 0 aliphatic rings. The summed E-state index contributed by atoms with van der Waals surface area (Å²) >= 11 is 0. The van der Waals surface area contributed by atoms with E-state index in [1.54, 1.807) is 0 Å². The van der Waals surface area contributed by atoms with E-state index < -0.39 is 38.7 Å². The highest BCUT2D eigenvalue weighted by molar-refractivity contribution is 5.51. The van der Waals surface area contributed by atoms with Crippen molar-refractivity contribution in [2.45, 2.75) is 184 Å². The first-order valence-corrected chi connectivity index (χ1v) is 20.4. The van der Waals surface area contributed by atoms with E-state index >= 15 is 0 Å². The second-order valence-corrected chi connectivity index (χ2v) is 22.5. The molecule has 1 heterocycles. The molecule has 0 saturated carbocycles. The zero-order valence-electron chi connectivity index (χ0n) is 38.5. The number of hydrogen-bond acceptors (Lipinski definition) is 5. The zero-order chi connectivity index (χ0) is 43.8. The van der Waals surface area contributed by atoms with Gasteiger partial charge in [-0.3, -0.25) is 0 Å². The molecule has 0 aliphatic carbocycles. The van der Waals surface area contributed by atoms with Crippen LogP contribution in [-0.4, -0.2) is 23.9 Å². The lowest BCUT2D eigenvalue weighted by Crippen LogP contribution is -2.55. The first-order chi connectivity index (χ1) is 25.5. The van der Waals surface area contributed by atoms with Crippen LogP contribution in [0.3, 0.4) is 0 Å². The van der Waals surface area contributed by atoms with Gasteiger partial charge in [0.2, 0.25) is 0 Å². The highest BCUT2D eigenvalue weighted by atomic mass is 16.3. The number of nitrogens with zero attached hydrogens (tertiary/aromatic N) is 3. The molecule has 0 saturated heterocycles. The van der Waals surface area contributed by atoms with Crippen molar-refractivity contribution in [1.82, 2.24) is 13.7 Å². The van der Waals surface area contributed by atoms with Crippen LogP contribution in [0.1, 0.15) is 180 Å². The van der Waals surface area contributed by atoms with Gasteiger partial charge >= 0.3 is 17.1 Å². The van der Waals surface area contributed by atoms with Gasteiger partial charge in [-0.2, -0.15) is 0 Å². The van der Waals surface area contributed by atoms with Crippen molar-refractivity contribution in [3.63, 3.8) is 0 Å². The van der Waals surface area contributed by atoms with Gasteiger partial charge in [0.25, 0.3) is 0 Å². The van der Waals surface area contributed by atoms with E-state index in [9.17, 15) is 24.6 Å². The van der Waals surface area contributed by atoms with Crippen molar-refractivity contribution in [1.29, 1.82) is 0 Å². The van der Waals surface area contributed by atoms with Crippen LogP contribution in [0.2, 0.25) is 0 Å². The standard InChI is InChI=1S/C49H71N3O5/c1-29-33(44(2,3)4)20-30(21-34(29)45(5,6)7)26-50-41(55)51(27-31-22-35(46(8,9)10)39(53)36(23-31)47(11,12)13)43(57)52(42(50)56)28-32-24-37(48(14,15)16)40(54)38(25-32)49(17,18)19/h20-25,53-54H,26-28H2,1-19H3. The average Bonchev–Trinajstić information content (AvgIpc) is 3.02. The van der Waals surface area contributed by atoms with E-state index in [0.717, 1.165) is 25.8 Å². The van der Waals surface area contributed by atoms with Crippen LogP contribution in [0.15, 0.2) is 50.8 Å². The Labute approximate surface area is 341 Å². The Hall–Kier alpha value is -4.33. The Morgan fingerprint density at radius 2 is 0.544 bits per heavy atom. The van der Waals surface area contributed by atoms with Crippen LogP contribution >= 0.6 is 0 Å². The fourth-order valence-corrected chi connectivity index (χ4v) is 7.92. The third kappa shape index (κ3) is 9.53. The largest absolute Gasteiger partial charge is 0.507 e. The molecule has 8 nitrogen and oxygen atoms in total. The van der Waals surface area contributed by atoms with Crippen molar-refractivity contribution in [2.24, 2.45) is 0 Å². The summed E-state index contributed by atoms with van der Waals surface area (Å²) < 4.78 is 3.51. The van der Waals surface area contributed by atoms with Crippen LogP contribution < -0.4 is 17.1 Å². The Balaban J connectivity index is 2.12.